The van der Waals surface area contributed by atoms with E-state index < -0.39 is 10.9 Å². The summed E-state index contributed by atoms with van der Waals surface area (Å²) < 4.78 is 4.39. The summed E-state index contributed by atoms with van der Waals surface area (Å²) in [5, 5.41) is 9.67. The van der Waals surface area contributed by atoms with Gasteiger partial charge < -0.3 is 4.74 Å². The fraction of sp³-hybridized carbons (Fsp3) is 0.167. The van der Waals surface area contributed by atoms with Gasteiger partial charge in [0.25, 0.3) is 0 Å². The number of nitrogens with zero attached hydrogens (tertiary/aromatic N) is 1. The summed E-state index contributed by atoms with van der Waals surface area (Å²) in [5.74, 6) is -0.749. The maximum atomic E-state index is 10.4. The van der Waals surface area contributed by atoms with Gasteiger partial charge in [0.2, 0.25) is 6.20 Å². The van der Waals surface area contributed by atoms with Gasteiger partial charge in [0.05, 0.1) is 11.0 Å². The van der Waals surface area contributed by atoms with Gasteiger partial charge in [0.1, 0.15) is 6.61 Å². The van der Waals surface area contributed by atoms with E-state index in [0.717, 1.165) is 6.08 Å². The van der Waals surface area contributed by atoms with Gasteiger partial charge in [-0.2, -0.15) is 0 Å². The summed E-state index contributed by atoms with van der Waals surface area (Å²) in [4.78, 5) is 19.4. The zero-order valence-electron chi connectivity index (χ0n) is 5.73. The third-order valence-electron chi connectivity index (χ3n) is 0.676. The topological polar surface area (TPSA) is 69.4 Å². The summed E-state index contributed by atoms with van der Waals surface area (Å²) in [5.41, 5.74) is 0. The fourth-order valence-corrected chi connectivity index (χ4v) is 0.311. The first kappa shape index (κ1) is 9.35. The van der Waals surface area contributed by atoms with Crippen molar-refractivity contribution in [3.63, 3.8) is 0 Å². The molecule has 0 saturated heterocycles. The van der Waals surface area contributed by atoms with Crippen LogP contribution in [0.25, 0.3) is 0 Å². The van der Waals surface area contributed by atoms with E-state index in [1.807, 2.05) is 0 Å². The second-order valence-corrected chi connectivity index (χ2v) is 1.52. The van der Waals surface area contributed by atoms with Gasteiger partial charge >= 0.3 is 5.97 Å². The van der Waals surface area contributed by atoms with Gasteiger partial charge in [-0.25, -0.2) is 4.79 Å². The molecule has 0 fully saturated rings. The van der Waals surface area contributed by atoms with Crippen molar-refractivity contribution in [1.82, 2.24) is 0 Å². The molecular formula is C6H7NO4. The average Bonchev–Trinajstić information content (AvgIpc) is 1.97. The van der Waals surface area contributed by atoms with Crippen molar-refractivity contribution in [3.05, 3.63) is 35.0 Å². The number of ether oxygens (including phenoxy) is 1. The maximum Gasteiger partial charge on any atom is 0.337 e. The average molecular weight is 157 g/mol. The van der Waals surface area contributed by atoms with E-state index in [-0.39, 0.29) is 6.61 Å². The molecule has 11 heavy (non-hydrogen) atoms. The Hall–Kier alpha value is -1.65. The highest BCUT2D eigenvalue weighted by Gasteiger charge is 1.96. The Morgan fingerprint density at radius 2 is 2.36 bits per heavy atom. The summed E-state index contributed by atoms with van der Waals surface area (Å²) in [6.07, 6.45) is 2.63. The van der Waals surface area contributed by atoms with Crippen LogP contribution in [0.5, 0.6) is 0 Å². The normalized spacial score (nSPS) is 9.45. The van der Waals surface area contributed by atoms with E-state index in [4.69, 9.17) is 0 Å². The van der Waals surface area contributed by atoms with E-state index in [1.54, 1.807) is 0 Å². The van der Waals surface area contributed by atoms with Crippen molar-refractivity contribution in [1.29, 1.82) is 0 Å². The molecule has 5 nitrogen and oxygen atoms in total. The Bertz CT molecular complexity index is 197. The highest BCUT2D eigenvalue weighted by Crippen LogP contribution is 1.82. The molecule has 0 spiro atoms. The minimum atomic E-state index is -0.749. The minimum Gasteiger partial charge on any atom is -0.458 e. The fourth-order valence-electron chi connectivity index (χ4n) is 0.311. The number of nitro groups is 1. The molecule has 0 rings (SSSR count). The molecule has 0 aromatic carbocycles. The van der Waals surface area contributed by atoms with Crippen molar-refractivity contribution < 1.29 is 14.5 Å². The summed E-state index contributed by atoms with van der Waals surface area (Å²) in [7, 11) is 0. The summed E-state index contributed by atoms with van der Waals surface area (Å²) in [6, 6.07) is 0. The molecule has 0 radical (unpaired) electrons. The minimum absolute atomic E-state index is 0.0564. The molecule has 0 aromatic rings. The lowest BCUT2D eigenvalue weighted by Crippen LogP contribution is -2.00. The van der Waals surface area contributed by atoms with Gasteiger partial charge in [-0.15, -0.1) is 0 Å². The largest absolute Gasteiger partial charge is 0.458 e. The maximum absolute atomic E-state index is 10.4. The summed E-state index contributed by atoms with van der Waals surface area (Å²) in [6.45, 7) is 3.35. The smallest absolute Gasteiger partial charge is 0.337 e. The number of esters is 1. The van der Waals surface area contributed by atoms with E-state index in [2.05, 4.69) is 11.3 Å². The standard InChI is InChI=1S/C6H7NO4/c1-2-5-11-6(8)3-4-7(9)10/h2-4H,1,5H2. The molecule has 5 heteroatoms. The molecule has 0 saturated carbocycles. The predicted octanol–water partition coefficient (Wildman–Crippen LogP) is 0.506. The number of carbonyl (C=O) groups excluding carboxylic acids is 1. The first-order valence-electron chi connectivity index (χ1n) is 2.76. The van der Waals surface area contributed by atoms with Gasteiger partial charge in [-0.3, -0.25) is 10.1 Å². The number of rotatable bonds is 4. The van der Waals surface area contributed by atoms with Crippen LogP contribution < -0.4 is 0 Å². The monoisotopic (exact) mass is 157 g/mol. The highest BCUT2D eigenvalue weighted by molar-refractivity contribution is 5.81. The van der Waals surface area contributed by atoms with Crippen LogP contribution in [0, 0.1) is 10.1 Å². The molecule has 0 N–H and O–H groups in total. The second-order valence-electron chi connectivity index (χ2n) is 1.52. The lowest BCUT2D eigenvalue weighted by atomic mass is 10.6. The predicted molar refractivity (Wildman–Crippen MR) is 37.3 cm³/mol. The number of hydrogen-bond acceptors (Lipinski definition) is 4. The van der Waals surface area contributed by atoms with Crippen LogP contribution in [-0.2, 0) is 9.53 Å². The van der Waals surface area contributed by atoms with Gasteiger partial charge in [-0.1, -0.05) is 12.7 Å². The zero-order chi connectivity index (χ0) is 8.69. The lowest BCUT2D eigenvalue weighted by Gasteiger charge is -1.92. The third kappa shape index (κ3) is 6.23. The van der Waals surface area contributed by atoms with Crippen molar-refractivity contribution in [2.45, 2.75) is 0 Å². The molecule has 0 atom stereocenters. The Morgan fingerprint density at radius 1 is 1.73 bits per heavy atom. The molecule has 0 heterocycles. The van der Waals surface area contributed by atoms with E-state index in [9.17, 15) is 14.9 Å². The Kier molecular flexibility index (Phi) is 4.39. The van der Waals surface area contributed by atoms with Crippen molar-refractivity contribution in [3.8, 4) is 0 Å². The molecule has 0 amide bonds. The molecule has 0 aliphatic rings. The van der Waals surface area contributed by atoms with Crippen molar-refractivity contribution in [2.24, 2.45) is 0 Å². The van der Waals surface area contributed by atoms with Crippen LogP contribution in [0.15, 0.2) is 24.9 Å². The SMILES string of the molecule is C=CCOC(=O)C=C[N+](=O)[O-]. The second kappa shape index (κ2) is 5.16. The van der Waals surface area contributed by atoms with Crippen molar-refractivity contribution >= 4 is 5.97 Å². The van der Waals surface area contributed by atoms with Crippen LogP contribution in [0.2, 0.25) is 0 Å². The Balaban J connectivity index is 3.68. The van der Waals surface area contributed by atoms with E-state index in [1.165, 1.54) is 6.08 Å². The van der Waals surface area contributed by atoms with Crippen LogP contribution in [-0.4, -0.2) is 17.5 Å². The van der Waals surface area contributed by atoms with E-state index in [0.29, 0.717) is 6.20 Å². The van der Waals surface area contributed by atoms with Crippen LogP contribution in [0.1, 0.15) is 0 Å². The lowest BCUT2D eigenvalue weighted by molar-refractivity contribution is -0.402. The zero-order valence-corrected chi connectivity index (χ0v) is 5.73. The van der Waals surface area contributed by atoms with Crippen LogP contribution in [0.4, 0.5) is 0 Å². The van der Waals surface area contributed by atoms with Crippen LogP contribution in [0.3, 0.4) is 0 Å². The highest BCUT2D eigenvalue weighted by atomic mass is 16.6. The first-order chi connectivity index (χ1) is 5.16. The quantitative estimate of drug-likeness (QED) is 0.196. The Labute approximate surface area is 63.1 Å². The molecule has 0 aliphatic heterocycles. The molecular weight excluding hydrogens is 150 g/mol. The molecule has 0 bridgehead atoms. The third-order valence-corrected chi connectivity index (χ3v) is 0.676. The van der Waals surface area contributed by atoms with Gasteiger partial charge in [0.15, 0.2) is 0 Å². The Morgan fingerprint density at radius 3 is 2.82 bits per heavy atom. The molecule has 60 valence electrons. The van der Waals surface area contributed by atoms with Crippen molar-refractivity contribution in [2.75, 3.05) is 6.61 Å². The first-order valence-corrected chi connectivity index (χ1v) is 2.76. The number of carbonyl (C=O) groups is 1. The number of hydrogen-bond donors (Lipinski definition) is 0. The molecule has 0 unspecified atom stereocenters. The van der Waals surface area contributed by atoms with E-state index >= 15 is 0 Å². The van der Waals surface area contributed by atoms with Gasteiger partial charge in [0, 0.05) is 0 Å². The van der Waals surface area contributed by atoms with Crippen LogP contribution >= 0.6 is 0 Å². The molecule has 0 aromatic heterocycles. The molecule has 0 aliphatic carbocycles. The van der Waals surface area contributed by atoms with Gasteiger partial charge in [-0.05, 0) is 0 Å². The summed E-state index contributed by atoms with van der Waals surface area (Å²) >= 11 is 0.